The summed E-state index contributed by atoms with van der Waals surface area (Å²) >= 11 is 2.64. The minimum absolute atomic E-state index is 0.229. The van der Waals surface area contributed by atoms with E-state index in [1.54, 1.807) is 22.4 Å². The van der Waals surface area contributed by atoms with E-state index in [0.717, 1.165) is 21.3 Å². The first-order valence-corrected chi connectivity index (χ1v) is 13.9. The Balaban J connectivity index is 1.54. The normalized spacial score (nSPS) is 16.9. The van der Waals surface area contributed by atoms with Crippen LogP contribution in [-0.4, -0.2) is 36.2 Å². The highest BCUT2D eigenvalue weighted by Crippen LogP contribution is 2.35. The summed E-state index contributed by atoms with van der Waals surface area (Å²) in [7, 11) is -3.72. The number of carbonyl (C=O) groups excluding carboxylic acids is 1. The number of thiophene rings is 1. The molecule has 4 aromatic rings. The average Bonchev–Trinajstić information content (AvgIpc) is 3.58. The molecule has 1 aliphatic rings. The van der Waals surface area contributed by atoms with Crippen LogP contribution in [0.25, 0.3) is 10.2 Å². The van der Waals surface area contributed by atoms with Crippen LogP contribution in [0.4, 0.5) is 5.13 Å². The van der Waals surface area contributed by atoms with Crippen molar-refractivity contribution in [2.24, 2.45) is 0 Å². The number of nitrogens with zero attached hydrogens (tertiary/aromatic N) is 3. The number of fused-ring (bicyclic) bond motifs is 1. The molecule has 0 N–H and O–H groups in total. The van der Waals surface area contributed by atoms with Gasteiger partial charge < -0.3 is 0 Å². The summed E-state index contributed by atoms with van der Waals surface area (Å²) in [5.41, 5.74) is 2.88. The minimum Gasteiger partial charge on any atom is -0.282 e. The summed E-state index contributed by atoms with van der Waals surface area (Å²) in [6, 6.07) is 18.3. The van der Waals surface area contributed by atoms with Crippen molar-refractivity contribution in [2.75, 3.05) is 11.4 Å². The largest absolute Gasteiger partial charge is 0.282 e. The number of anilines is 1. The SMILES string of the molecule is Cc1cccc2sc(N(Cc3ccccc3)C(=O)C3CCCN3S(=O)(=O)c3cccs3)nc12. The molecule has 1 saturated heterocycles. The topological polar surface area (TPSA) is 70.6 Å². The molecular weight excluding hydrogens is 474 g/mol. The minimum atomic E-state index is -3.72. The molecule has 0 aliphatic carbocycles. The Bertz CT molecular complexity index is 1380. The second-order valence-electron chi connectivity index (χ2n) is 8.03. The molecule has 0 saturated carbocycles. The van der Waals surface area contributed by atoms with Crippen molar-refractivity contribution in [3.63, 3.8) is 0 Å². The van der Waals surface area contributed by atoms with Crippen LogP contribution in [0.2, 0.25) is 0 Å². The van der Waals surface area contributed by atoms with Crippen molar-refractivity contribution in [1.29, 1.82) is 0 Å². The Morgan fingerprint density at radius 3 is 2.67 bits per heavy atom. The molecule has 6 nitrogen and oxygen atoms in total. The number of carbonyl (C=O) groups is 1. The lowest BCUT2D eigenvalue weighted by molar-refractivity contribution is -0.121. The highest BCUT2D eigenvalue weighted by Gasteiger charge is 2.42. The van der Waals surface area contributed by atoms with E-state index in [1.807, 2.05) is 55.5 Å². The lowest BCUT2D eigenvalue weighted by atomic mass is 10.1. The molecule has 1 amide bonds. The highest BCUT2D eigenvalue weighted by molar-refractivity contribution is 7.91. The molecule has 1 atom stereocenters. The van der Waals surface area contributed by atoms with Crippen molar-refractivity contribution in [3.8, 4) is 0 Å². The number of amides is 1. The van der Waals surface area contributed by atoms with Crippen LogP contribution >= 0.6 is 22.7 Å². The van der Waals surface area contributed by atoms with Gasteiger partial charge in [-0.25, -0.2) is 13.4 Å². The summed E-state index contributed by atoms with van der Waals surface area (Å²) in [6.07, 6.45) is 1.15. The molecule has 2 aromatic heterocycles. The summed E-state index contributed by atoms with van der Waals surface area (Å²) in [5, 5.41) is 2.33. The number of aromatic nitrogens is 1. The van der Waals surface area contributed by atoms with Gasteiger partial charge in [0.15, 0.2) is 5.13 Å². The Morgan fingerprint density at radius 1 is 1.12 bits per heavy atom. The Hall–Kier alpha value is -2.59. The predicted octanol–water partition coefficient (Wildman–Crippen LogP) is 5.05. The number of hydrogen-bond acceptors (Lipinski definition) is 6. The lowest BCUT2D eigenvalue weighted by Gasteiger charge is -2.28. The van der Waals surface area contributed by atoms with Gasteiger partial charge in [-0.3, -0.25) is 9.69 Å². The third-order valence-electron chi connectivity index (χ3n) is 5.84. The second kappa shape index (κ2) is 8.98. The Kier molecular flexibility index (Phi) is 6.05. The molecule has 2 aromatic carbocycles. The van der Waals surface area contributed by atoms with Crippen molar-refractivity contribution in [1.82, 2.24) is 9.29 Å². The van der Waals surface area contributed by atoms with Crippen LogP contribution in [0.5, 0.6) is 0 Å². The molecule has 0 radical (unpaired) electrons. The van der Waals surface area contributed by atoms with Crippen molar-refractivity contribution in [3.05, 3.63) is 77.2 Å². The maximum Gasteiger partial charge on any atom is 0.253 e. The number of hydrogen-bond donors (Lipinski definition) is 0. The van der Waals surface area contributed by atoms with E-state index in [2.05, 4.69) is 0 Å². The van der Waals surface area contributed by atoms with Gasteiger partial charge in [-0.2, -0.15) is 4.31 Å². The Morgan fingerprint density at radius 2 is 1.94 bits per heavy atom. The molecule has 0 spiro atoms. The van der Waals surface area contributed by atoms with Gasteiger partial charge in [0.2, 0.25) is 5.91 Å². The van der Waals surface area contributed by atoms with Crippen LogP contribution in [0, 0.1) is 6.92 Å². The van der Waals surface area contributed by atoms with Crippen molar-refractivity contribution in [2.45, 2.75) is 36.6 Å². The predicted molar refractivity (Wildman–Crippen MR) is 133 cm³/mol. The zero-order valence-corrected chi connectivity index (χ0v) is 20.5. The molecule has 170 valence electrons. The summed E-state index contributed by atoms with van der Waals surface area (Å²) < 4.78 is 29.2. The lowest BCUT2D eigenvalue weighted by Crippen LogP contribution is -2.47. The van der Waals surface area contributed by atoms with Gasteiger partial charge in [-0.15, -0.1) is 11.3 Å². The van der Waals surface area contributed by atoms with E-state index in [4.69, 9.17) is 4.98 Å². The zero-order valence-electron chi connectivity index (χ0n) is 18.0. The van der Waals surface area contributed by atoms with Crippen LogP contribution in [0.1, 0.15) is 24.0 Å². The molecular formula is C24H23N3O3S3. The summed E-state index contributed by atoms with van der Waals surface area (Å²) in [5.74, 6) is -0.229. The maximum absolute atomic E-state index is 13.9. The molecule has 9 heteroatoms. The molecule has 1 fully saturated rings. The molecule has 1 unspecified atom stereocenters. The van der Waals surface area contributed by atoms with Gasteiger partial charge in [0, 0.05) is 6.54 Å². The number of benzene rings is 2. The first kappa shape index (κ1) is 22.2. The fourth-order valence-electron chi connectivity index (χ4n) is 4.18. The summed E-state index contributed by atoms with van der Waals surface area (Å²) in [4.78, 5) is 20.4. The van der Waals surface area contributed by atoms with Crippen molar-refractivity contribution >= 4 is 54.0 Å². The zero-order chi connectivity index (χ0) is 23.0. The quantitative estimate of drug-likeness (QED) is 0.374. The number of para-hydroxylation sites is 1. The van der Waals surface area contributed by atoms with Gasteiger partial charge in [-0.05, 0) is 48.4 Å². The molecule has 33 heavy (non-hydrogen) atoms. The van der Waals surface area contributed by atoms with Gasteiger partial charge in [0.25, 0.3) is 10.0 Å². The van der Waals surface area contributed by atoms with Gasteiger partial charge in [-0.1, -0.05) is 59.9 Å². The van der Waals surface area contributed by atoms with E-state index in [-0.39, 0.29) is 10.1 Å². The van der Waals surface area contributed by atoms with E-state index in [9.17, 15) is 13.2 Å². The molecule has 1 aliphatic heterocycles. The van der Waals surface area contributed by atoms with Crippen LogP contribution in [0.15, 0.2) is 70.3 Å². The van der Waals surface area contributed by atoms with Crippen molar-refractivity contribution < 1.29 is 13.2 Å². The monoisotopic (exact) mass is 497 g/mol. The standard InChI is InChI=1S/C24H23N3O3S3/c1-17-8-5-12-20-22(17)25-24(32-20)26(16-18-9-3-2-4-10-18)23(28)19-11-6-14-27(19)33(29,30)21-13-7-15-31-21/h2-5,7-10,12-13,15,19H,6,11,14,16H2,1H3. The Labute approximate surface area is 201 Å². The highest BCUT2D eigenvalue weighted by atomic mass is 32.2. The number of aryl methyl sites for hydroxylation is 1. The number of rotatable bonds is 6. The number of thiazole rings is 1. The third kappa shape index (κ3) is 4.21. The van der Waals surface area contributed by atoms with Crippen LogP contribution in [-0.2, 0) is 21.4 Å². The van der Waals surface area contributed by atoms with Gasteiger partial charge >= 0.3 is 0 Å². The smallest absolute Gasteiger partial charge is 0.253 e. The maximum atomic E-state index is 13.9. The fraction of sp³-hybridized carbons (Fsp3) is 0.250. The van der Waals surface area contributed by atoms with Crippen LogP contribution in [0.3, 0.4) is 0 Å². The van der Waals surface area contributed by atoms with Gasteiger partial charge in [0.05, 0.1) is 16.8 Å². The fourth-order valence-corrected chi connectivity index (χ4v) is 7.99. The van der Waals surface area contributed by atoms with E-state index < -0.39 is 16.1 Å². The molecule has 0 bridgehead atoms. The first-order valence-electron chi connectivity index (χ1n) is 10.7. The van der Waals surface area contributed by atoms with E-state index >= 15 is 0 Å². The third-order valence-corrected chi connectivity index (χ3v) is 10.2. The van der Waals surface area contributed by atoms with E-state index in [1.165, 1.54) is 27.0 Å². The second-order valence-corrected chi connectivity index (χ2v) is 12.1. The molecule has 3 heterocycles. The van der Waals surface area contributed by atoms with Crippen LogP contribution < -0.4 is 4.90 Å². The number of sulfonamides is 1. The van der Waals surface area contributed by atoms with E-state index in [0.29, 0.717) is 31.1 Å². The molecule has 5 rings (SSSR count). The average molecular weight is 498 g/mol. The summed E-state index contributed by atoms with van der Waals surface area (Å²) in [6.45, 7) is 2.68. The van der Waals surface area contributed by atoms with Gasteiger partial charge in [0.1, 0.15) is 10.3 Å². The first-order chi connectivity index (χ1) is 15.9.